The number of benzene rings is 1. The second-order valence-corrected chi connectivity index (χ2v) is 7.23. The fourth-order valence-electron chi connectivity index (χ4n) is 4.23. The lowest BCUT2D eigenvalue weighted by molar-refractivity contribution is 0.421. The molecule has 2 fully saturated rings. The molecule has 0 spiro atoms. The van der Waals surface area contributed by atoms with Crippen LogP contribution in [-0.2, 0) is 6.42 Å². The first-order chi connectivity index (χ1) is 10.1. The third-order valence-corrected chi connectivity index (χ3v) is 5.83. The van der Waals surface area contributed by atoms with Crippen LogP contribution in [0.4, 0.5) is 8.78 Å². The van der Waals surface area contributed by atoms with Gasteiger partial charge < -0.3 is 5.32 Å². The van der Waals surface area contributed by atoms with E-state index in [2.05, 4.69) is 28.2 Å². The number of hydrogen-bond acceptors (Lipinski definition) is 1. The third-order valence-electron chi connectivity index (χ3n) is 5.22. The van der Waals surface area contributed by atoms with Gasteiger partial charge in [-0.2, -0.15) is 0 Å². The van der Waals surface area contributed by atoms with Gasteiger partial charge in [0, 0.05) is 11.6 Å². The fourth-order valence-corrected chi connectivity index (χ4v) is 4.60. The zero-order valence-electron chi connectivity index (χ0n) is 12.3. The summed E-state index contributed by atoms with van der Waals surface area (Å²) in [6.45, 7) is 2.91. The minimum atomic E-state index is -0.443. The summed E-state index contributed by atoms with van der Waals surface area (Å²) in [7, 11) is 0. The van der Waals surface area contributed by atoms with Crippen LogP contribution in [0.2, 0.25) is 0 Å². The number of halogens is 3. The Morgan fingerprint density at radius 1 is 1.24 bits per heavy atom. The Morgan fingerprint density at radius 3 is 2.52 bits per heavy atom. The molecule has 1 N–H and O–H groups in total. The van der Waals surface area contributed by atoms with Crippen LogP contribution in [0.15, 0.2) is 16.6 Å². The van der Waals surface area contributed by atoms with Crippen LogP contribution in [0.3, 0.4) is 0 Å². The topological polar surface area (TPSA) is 12.0 Å². The highest BCUT2D eigenvalue weighted by Gasteiger charge is 2.53. The molecule has 0 bridgehead atoms. The summed E-state index contributed by atoms with van der Waals surface area (Å²) in [6, 6.07) is 2.99. The van der Waals surface area contributed by atoms with E-state index in [0.29, 0.717) is 16.8 Å². The Balaban J connectivity index is 1.78. The van der Waals surface area contributed by atoms with Crippen LogP contribution in [-0.4, -0.2) is 12.6 Å². The predicted octanol–water partition coefficient (Wildman–Crippen LogP) is 4.68. The number of fused-ring (bicyclic) bond motifs is 1. The van der Waals surface area contributed by atoms with E-state index >= 15 is 0 Å². The lowest BCUT2D eigenvalue weighted by Crippen LogP contribution is -2.34. The van der Waals surface area contributed by atoms with Gasteiger partial charge in [-0.25, -0.2) is 8.78 Å². The van der Waals surface area contributed by atoms with E-state index in [1.54, 1.807) is 0 Å². The molecule has 2 saturated carbocycles. The van der Waals surface area contributed by atoms with E-state index in [-0.39, 0.29) is 11.6 Å². The third kappa shape index (κ3) is 3.02. The summed E-state index contributed by atoms with van der Waals surface area (Å²) >= 11 is 3.16. The smallest absolute Gasteiger partial charge is 0.143 e. The average molecular weight is 358 g/mol. The molecule has 3 atom stereocenters. The van der Waals surface area contributed by atoms with Gasteiger partial charge in [0.25, 0.3) is 0 Å². The van der Waals surface area contributed by atoms with Gasteiger partial charge in [0.2, 0.25) is 0 Å². The summed E-state index contributed by atoms with van der Waals surface area (Å²) in [5, 5.41) is 3.47. The van der Waals surface area contributed by atoms with Crippen LogP contribution < -0.4 is 5.32 Å². The molecule has 1 aromatic rings. The second kappa shape index (κ2) is 6.33. The number of hydrogen-bond donors (Lipinski definition) is 1. The van der Waals surface area contributed by atoms with Crippen molar-refractivity contribution in [3.05, 3.63) is 33.8 Å². The highest BCUT2D eigenvalue weighted by Crippen LogP contribution is 2.57. The van der Waals surface area contributed by atoms with Crippen molar-refractivity contribution >= 4 is 15.9 Å². The van der Waals surface area contributed by atoms with Crippen molar-refractivity contribution in [2.24, 2.45) is 17.8 Å². The van der Waals surface area contributed by atoms with Crippen molar-refractivity contribution in [2.45, 2.75) is 45.1 Å². The molecule has 0 saturated heterocycles. The predicted molar refractivity (Wildman–Crippen MR) is 84.2 cm³/mol. The average Bonchev–Trinajstić information content (AvgIpc) is 3.21. The van der Waals surface area contributed by atoms with Crippen molar-refractivity contribution in [3.63, 3.8) is 0 Å². The van der Waals surface area contributed by atoms with Crippen LogP contribution in [0, 0.1) is 29.4 Å². The lowest BCUT2D eigenvalue weighted by atomic mass is 9.99. The van der Waals surface area contributed by atoms with E-state index in [4.69, 9.17) is 0 Å². The van der Waals surface area contributed by atoms with Gasteiger partial charge in [-0.05, 0) is 71.6 Å². The lowest BCUT2D eigenvalue weighted by Gasteiger charge is -2.19. The molecule has 0 aromatic heterocycles. The Bertz CT molecular complexity index is 508. The van der Waals surface area contributed by atoms with E-state index in [1.807, 2.05) is 0 Å². The van der Waals surface area contributed by atoms with E-state index < -0.39 is 11.6 Å². The Kier molecular flexibility index (Phi) is 4.65. The van der Waals surface area contributed by atoms with E-state index in [1.165, 1.54) is 37.8 Å². The monoisotopic (exact) mass is 357 g/mol. The van der Waals surface area contributed by atoms with Crippen molar-refractivity contribution in [2.75, 3.05) is 6.54 Å². The molecule has 3 unspecified atom stereocenters. The minimum absolute atomic E-state index is 0.196. The van der Waals surface area contributed by atoms with Gasteiger partial charge in [-0.1, -0.05) is 19.8 Å². The standard InChI is InChI=1S/C17H22BrF2N/c1-2-21-15(16-10-5-3-4-6-11(10)16)9-12-14(19)8-7-13(18)17(12)20/h7-8,10-11,15-16,21H,2-6,9H2,1H3. The summed E-state index contributed by atoms with van der Waals surface area (Å²) in [5.41, 5.74) is 0.221. The molecule has 0 radical (unpaired) electrons. The normalized spacial score (nSPS) is 29.0. The number of likely N-dealkylation sites (N-methyl/N-ethyl adjacent to an activating group) is 1. The number of nitrogens with one attached hydrogen (secondary N) is 1. The van der Waals surface area contributed by atoms with Crippen LogP contribution in [0.5, 0.6) is 0 Å². The number of rotatable bonds is 5. The van der Waals surface area contributed by atoms with Crippen molar-refractivity contribution < 1.29 is 8.78 Å². The van der Waals surface area contributed by atoms with Gasteiger partial charge in [-0.3, -0.25) is 0 Å². The molecule has 2 aliphatic rings. The van der Waals surface area contributed by atoms with E-state index in [0.717, 1.165) is 18.4 Å². The molecule has 21 heavy (non-hydrogen) atoms. The van der Waals surface area contributed by atoms with Gasteiger partial charge in [0.1, 0.15) is 11.6 Å². The maximum Gasteiger partial charge on any atom is 0.143 e. The first-order valence-electron chi connectivity index (χ1n) is 7.99. The Hall–Kier alpha value is -0.480. The molecule has 3 rings (SSSR count). The van der Waals surface area contributed by atoms with Gasteiger partial charge in [0.15, 0.2) is 0 Å². The van der Waals surface area contributed by atoms with Crippen LogP contribution in [0.25, 0.3) is 0 Å². The Morgan fingerprint density at radius 2 is 1.90 bits per heavy atom. The molecule has 2 aliphatic carbocycles. The highest BCUT2D eigenvalue weighted by molar-refractivity contribution is 9.10. The van der Waals surface area contributed by atoms with Crippen molar-refractivity contribution in [1.82, 2.24) is 5.32 Å². The molecule has 1 aromatic carbocycles. The molecule has 116 valence electrons. The summed E-state index contributed by atoms with van der Waals surface area (Å²) < 4.78 is 28.5. The first-order valence-corrected chi connectivity index (χ1v) is 8.78. The van der Waals surface area contributed by atoms with Crippen molar-refractivity contribution in [1.29, 1.82) is 0 Å². The van der Waals surface area contributed by atoms with Gasteiger partial charge in [0.05, 0.1) is 4.47 Å². The van der Waals surface area contributed by atoms with Crippen LogP contribution >= 0.6 is 15.9 Å². The minimum Gasteiger partial charge on any atom is -0.314 e. The quantitative estimate of drug-likeness (QED) is 0.754. The van der Waals surface area contributed by atoms with Gasteiger partial charge >= 0.3 is 0 Å². The zero-order chi connectivity index (χ0) is 15.0. The molecule has 4 heteroatoms. The van der Waals surface area contributed by atoms with Crippen LogP contribution in [0.1, 0.15) is 38.2 Å². The molecular formula is C17H22BrF2N. The fraction of sp³-hybridized carbons (Fsp3) is 0.647. The van der Waals surface area contributed by atoms with Gasteiger partial charge in [-0.15, -0.1) is 0 Å². The van der Waals surface area contributed by atoms with Crippen molar-refractivity contribution in [3.8, 4) is 0 Å². The molecule has 0 amide bonds. The summed E-state index contributed by atoms with van der Waals surface area (Å²) in [6.07, 6.45) is 5.66. The molecule has 0 aliphatic heterocycles. The zero-order valence-corrected chi connectivity index (χ0v) is 13.9. The SMILES string of the molecule is CCNC(Cc1c(F)ccc(Br)c1F)C1C2CCCCC21. The molecule has 0 heterocycles. The second-order valence-electron chi connectivity index (χ2n) is 6.38. The highest BCUT2D eigenvalue weighted by atomic mass is 79.9. The maximum absolute atomic E-state index is 14.2. The maximum atomic E-state index is 14.2. The summed E-state index contributed by atoms with van der Waals surface area (Å²) in [5.74, 6) is 1.29. The summed E-state index contributed by atoms with van der Waals surface area (Å²) in [4.78, 5) is 0. The van der Waals surface area contributed by atoms with E-state index in [9.17, 15) is 8.78 Å². The Labute approximate surface area is 133 Å². The largest absolute Gasteiger partial charge is 0.314 e. The molecule has 1 nitrogen and oxygen atoms in total. The first kappa shape index (κ1) is 15.4. The molecular weight excluding hydrogens is 336 g/mol.